The molecule has 0 aromatic heterocycles. The van der Waals surface area contributed by atoms with Crippen LogP contribution in [0.3, 0.4) is 0 Å². The molecule has 3 rings (SSSR count). The number of esters is 2. The van der Waals surface area contributed by atoms with Crippen LogP contribution in [0.1, 0.15) is 71.1 Å². The Labute approximate surface area is 310 Å². The summed E-state index contributed by atoms with van der Waals surface area (Å²) in [5.41, 5.74) is 6.49. The number of ether oxygens (including phenoxy) is 3. The Hall–Kier alpha value is -5.78. The molecule has 5 nitrogen and oxygen atoms in total. The van der Waals surface area contributed by atoms with Crippen LogP contribution in [0.15, 0.2) is 138 Å². The maximum Gasteiger partial charge on any atom is 0.335 e. The molecule has 0 amide bonds. The normalized spacial score (nSPS) is 14.0. The van der Waals surface area contributed by atoms with Crippen LogP contribution in [-0.4, -0.2) is 25.2 Å². The van der Waals surface area contributed by atoms with Crippen molar-refractivity contribution in [2.24, 2.45) is 0 Å². The summed E-state index contributed by atoms with van der Waals surface area (Å²) in [5, 5.41) is 1.70. The van der Waals surface area contributed by atoms with Gasteiger partial charge in [0.25, 0.3) is 0 Å². The maximum absolute atomic E-state index is 12.2. The van der Waals surface area contributed by atoms with Crippen LogP contribution in [0, 0.1) is 23.7 Å². The third-order valence-electron chi connectivity index (χ3n) is 8.20. The van der Waals surface area contributed by atoms with Crippen LogP contribution in [0.25, 0.3) is 12.7 Å². The van der Waals surface area contributed by atoms with Gasteiger partial charge in [-0.2, -0.15) is 0 Å². The summed E-state index contributed by atoms with van der Waals surface area (Å²) >= 11 is 0. The zero-order valence-electron chi connectivity index (χ0n) is 30.6. The van der Waals surface area contributed by atoms with Gasteiger partial charge in [-0.05, 0) is 104 Å². The van der Waals surface area contributed by atoms with Crippen molar-refractivity contribution in [3.63, 3.8) is 0 Å². The number of hydrogen-bond donors (Lipinski definition) is 0. The van der Waals surface area contributed by atoms with E-state index in [9.17, 15) is 9.59 Å². The molecule has 5 heteroatoms. The molecule has 2 aliphatic rings. The van der Waals surface area contributed by atoms with Crippen molar-refractivity contribution in [2.75, 3.05) is 13.2 Å². The molecule has 52 heavy (non-hydrogen) atoms. The molecule has 0 saturated heterocycles. The Bertz CT molecular complexity index is 1970. The first-order chi connectivity index (χ1) is 25.1. The molecule has 0 N–H and O–H groups in total. The lowest BCUT2D eigenvalue weighted by Gasteiger charge is -2.14. The van der Waals surface area contributed by atoms with Gasteiger partial charge >= 0.3 is 11.9 Å². The van der Waals surface area contributed by atoms with Crippen molar-refractivity contribution in [1.29, 1.82) is 0 Å². The average Bonchev–Trinajstić information content (AvgIpc) is 3.14. The molecule has 0 spiro atoms. The fourth-order valence-corrected chi connectivity index (χ4v) is 5.24. The largest absolute Gasteiger partial charge is 0.494 e. The molecule has 0 atom stereocenters. The topological polar surface area (TPSA) is 61.8 Å². The van der Waals surface area contributed by atoms with Gasteiger partial charge in [-0.1, -0.05) is 112 Å². The van der Waals surface area contributed by atoms with Gasteiger partial charge < -0.3 is 14.2 Å². The molecule has 1 aromatic carbocycles. The Kier molecular flexibility index (Phi) is 17.3. The van der Waals surface area contributed by atoms with E-state index in [1.165, 1.54) is 11.6 Å². The molecule has 0 bridgehead atoms. The number of rotatable bonds is 17. The number of hydrogen-bond acceptors (Lipinski definition) is 5. The highest BCUT2D eigenvalue weighted by Crippen LogP contribution is 2.27. The van der Waals surface area contributed by atoms with Crippen LogP contribution >= 0.6 is 0 Å². The van der Waals surface area contributed by atoms with E-state index < -0.39 is 5.97 Å². The Morgan fingerprint density at radius 1 is 0.846 bits per heavy atom. The lowest BCUT2D eigenvalue weighted by atomic mass is 9.92. The van der Waals surface area contributed by atoms with E-state index in [0.717, 1.165) is 101 Å². The predicted octanol–water partition coefficient (Wildman–Crippen LogP) is 8.93. The highest BCUT2D eigenvalue weighted by atomic mass is 16.5. The van der Waals surface area contributed by atoms with Crippen molar-refractivity contribution >= 4 is 24.6 Å². The van der Waals surface area contributed by atoms with Crippen molar-refractivity contribution in [1.82, 2.24) is 0 Å². The van der Waals surface area contributed by atoms with E-state index in [2.05, 4.69) is 76.2 Å². The van der Waals surface area contributed by atoms with Crippen molar-refractivity contribution in [3.05, 3.63) is 149 Å². The van der Waals surface area contributed by atoms with Gasteiger partial charge in [0.15, 0.2) is 0 Å². The van der Waals surface area contributed by atoms with Gasteiger partial charge in [0.1, 0.15) is 11.5 Å². The van der Waals surface area contributed by atoms with Crippen molar-refractivity contribution in [3.8, 4) is 29.4 Å². The van der Waals surface area contributed by atoms with E-state index in [1.807, 2.05) is 42.5 Å². The summed E-state index contributed by atoms with van der Waals surface area (Å²) in [6.45, 7) is 26.7. The quantitative estimate of drug-likeness (QED) is 0.0536. The molecule has 0 fully saturated rings. The second kappa shape index (κ2) is 22.1. The Balaban J connectivity index is 1.63. The minimum Gasteiger partial charge on any atom is -0.494 e. The smallest absolute Gasteiger partial charge is 0.335 e. The van der Waals surface area contributed by atoms with Crippen LogP contribution in [0.4, 0.5) is 0 Å². The highest BCUT2D eigenvalue weighted by molar-refractivity contribution is 5.82. The molecule has 0 aliphatic heterocycles. The van der Waals surface area contributed by atoms with Crippen LogP contribution in [0.5, 0.6) is 5.75 Å². The summed E-state index contributed by atoms with van der Waals surface area (Å²) in [6.07, 6.45) is 22.8. The number of unbranched alkanes of at least 4 members (excludes halogenated alkanes) is 3. The van der Waals surface area contributed by atoms with Gasteiger partial charge in [0.2, 0.25) is 0 Å². The zero-order chi connectivity index (χ0) is 37.7. The molecular weight excluding hydrogens is 645 g/mol. The average molecular weight is 695 g/mol. The summed E-state index contributed by atoms with van der Waals surface area (Å²) in [6, 6.07) is 5.75. The van der Waals surface area contributed by atoms with Crippen molar-refractivity contribution in [2.45, 2.75) is 71.1 Å². The van der Waals surface area contributed by atoms with E-state index in [-0.39, 0.29) is 5.97 Å². The van der Waals surface area contributed by atoms with Gasteiger partial charge in [-0.15, -0.1) is 0 Å². The first kappa shape index (κ1) is 40.6. The van der Waals surface area contributed by atoms with E-state index >= 15 is 0 Å². The van der Waals surface area contributed by atoms with Gasteiger partial charge in [0.05, 0.1) is 13.2 Å². The lowest BCUT2D eigenvalue weighted by molar-refractivity contribution is -0.138. The fraction of sp³-hybridized carbons (Fsp3) is 0.277. The first-order valence-electron chi connectivity index (χ1n) is 17.8. The Morgan fingerprint density at radius 2 is 1.60 bits per heavy atom. The molecule has 268 valence electrons. The molecule has 0 saturated carbocycles. The Morgan fingerprint density at radius 3 is 2.29 bits per heavy atom. The molecule has 0 unspecified atom stereocenters. The minimum absolute atomic E-state index is 0.386. The molecule has 0 radical (unpaired) electrons. The molecule has 1 aromatic rings. The number of benzene rings is 1. The molecular formula is C47H50O5. The van der Waals surface area contributed by atoms with Gasteiger partial charge in [-0.25, -0.2) is 9.59 Å². The molecule has 2 aliphatic carbocycles. The number of carbonyl (C=O) groups excluding carboxylic acids is 2. The fourth-order valence-electron chi connectivity index (χ4n) is 5.24. The second-order valence-electron chi connectivity index (χ2n) is 12.5. The maximum atomic E-state index is 12.2. The minimum atomic E-state index is -0.547. The monoisotopic (exact) mass is 694 g/mol. The van der Waals surface area contributed by atoms with Gasteiger partial charge in [-0.3, -0.25) is 0 Å². The van der Waals surface area contributed by atoms with Crippen molar-refractivity contribution < 1.29 is 23.8 Å². The first-order valence-corrected chi connectivity index (χ1v) is 17.8. The van der Waals surface area contributed by atoms with Crippen LogP contribution in [0.2, 0.25) is 0 Å². The summed E-state index contributed by atoms with van der Waals surface area (Å²) in [4.78, 5) is 23.2. The van der Waals surface area contributed by atoms with E-state index in [1.54, 1.807) is 6.08 Å². The van der Waals surface area contributed by atoms with Crippen LogP contribution < -0.4 is 15.2 Å². The summed E-state index contributed by atoms with van der Waals surface area (Å²) < 4.78 is 16.5. The van der Waals surface area contributed by atoms with E-state index in [4.69, 9.17) is 14.2 Å². The lowest BCUT2D eigenvalue weighted by Crippen LogP contribution is -2.22. The van der Waals surface area contributed by atoms with Crippen LogP contribution in [-0.2, 0) is 19.1 Å². The second-order valence-corrected chi connectivity index (χ2v) is 12.5. The SMILES string of the molecule is C=CC(=O)OCCCCCCOc1cc/c(=C/C(=C)C#CC2=CC(OC(=O)C=C)=C(C#CC3=CC=C(C(=C)/C=C\C(=C)CCC)CC3)CC2)c(=C)c1. The zero-order valence-corrected chi connectivity index (χ0v) is 30.6. The number of carbonyl (C=O) groups is 2. The summed E-state index contributed by atoms with van der Waals surface area (Å²) in [7, 11) is 0. The third-order valence-corrected chi connectivity index (χ3v) is 8.20. The van der Waals surface area contributed by atoms with Gasteiger partial charge in [0, 0.05) is 34.4 Å². The molecule has 0 heterocycles. The predicted molar refractivity (Wildman–Crippen MR) is 214 cm³/mol. The standard InChI is InChI=1S/C47H50O5/c1-8-15-35(4)16-18-37(6)41-24-20-39(21-25-41)22-26-42-27-23-40(34-45(42)52-47(49)10-3)19-17-36(5)32-43-28-29-44(33-38(43)7)50-30-13-11-12-14-31-51-46(48)9-2/h9-10,16,18,20,24,28-29,32-34H,2-8,11-15,21,23,25,27,30-31H2,1H3/b18-16-,43-32-. The summed E-state index contributed by atoms with van der Waals surface area (Å²) in [5.74, 6) is 13.1. The number of allylic oxidation sites excluding steroid dienone is 12. The third kappa shape index (κ3) is 14.6. The highest BCUT2D eigenvalue weighted by Gasteiger charge is 2.15. The van der Waals surface area contributed by atoms with E-state index in [0.29, 0.717) is 37.4 Å².